The van der Waals surface area contributed by atoms with E-state index < -0.39 is 5.60 Å². The molecule has 3 unspecified atom stereocenters. The van der Waals surface area contributed by atoms with E-state index in [0.29, 0.717) is 42.6 Å². The lowest BCUT2D eigenvalue weighted by atomic mass is 9.44. The number of aliphatic hydroxyl groups is 1. The Morgan fingerprint density at radius 3 is 2.73 bits per heavy atom. The molecular weight excluding hydrogens is 376 g/mol. The summed E-state index contributed by atoms with van der Waals surface area (Å²) < 4.78 is 12.0. The molecule has 1 spiro atoms. The van der Waals surface area contributed by atoms with Gasteiger partial charge in [-0.3, -0.25) is 4.79 Å². The summed E-state index contributed by atoms with van der Waals surface area (Å²) in [7, 11) is 0. The second-order valence-electron chi connectivity index (χ2n) is 12.6. The van der Waals surface area contributed by atoms with Crippen molar-refractivity contribution in [1.82, 2.24) is 0 Å². The Balaban J connectivity index is 1.19. The third kappa shape index (κ3) is 1.93. The van der Waals surface area contributed by atoms with Gasteiger partial charge in [0, 0.05) is 6.42 Å². The number of carbonyl (C=O) groups excluding carboxylic acids is 1. The van der Waals surface area contributed by atoms with E-state index in [2.05, 4.69) is 13.8 Å². The number of hydrogen-bond donors (Lipinski definition) is 1. The van der Waals surface area contributed by atoms with Gasteiger partial charge in [0.1, 0.15) is 11.2 Å². The molecule has 7 rings (SSSR count). The van der Waals surface area contributed by atoms with Crippen molar-refractivity contribution in [2.24, 2.45) is 52.8 Å². The van der Waals surface area contributed by atoms with E-state index in [4.69, 9.17) is 9.47 Å². The van der Waals surface area contributed by atoms with Crippen LogP contribution < -0.4 is 0 Å². The molecule has 30 heavy (non-hydrogen) atoms. The fourth-order valence-corrected chi connectivity index (χ4v) is 10.5. The minimum atomic E-state index is -0.423. The van der Waals surface area contributed by atoms with E-state index in [1.54, 1.807) is 0 Å². The molecule has 166 valence electrons. The number of carbonyl (C=O) groups is 1. The Labute approximate surface area is 180 Å². The van der Waals surface area contributed by atoms with Crippen molar-refractivity contribution in [3.05, 3.63) is 0 Å². The van der Waals surface area contributed by atoms with Crippen LogP contribution in [0.4, 0.5) is 0 Å². The second kappa shape index (κ2) is 5.47. The highest BCUT2D eigenvalue weighted by Crippen LogP contribution is 2.86. The summed E-state index contributed by atoms with van der Waals surface area (Å²) in [6.07, 6.45) is 9.84. The van der Waals surface area contributed by atoms with E-state index in [0.717, 1.165) is 37.0 Å². The Kier molecular flexibility index (Phi) is 3.45. The van der Waals surface area contributed by atoms with Gasteiger partial charge in [-0.2, -0.15) is 0 Å². The third-order valence-electron chi connectivity index (χ3n) is 11.8. The van der Waals surface area contributed by atoms with Gasteiger partial charge in [0.05, 0.1) is 12.2 Å². The van der Waals surface area contributed by atoms with Crippen LogP contribution in [0.15, 0.2) is 0 Å². The van der Waals surface area contributed by atoms with Gasteiger partial charge >= 0.3 is 5.97 Å². The molecule has 0 aromatic carbocycles. The molecule has 7 aliphatic rings. The van der Waals surface area contributed by atoms with Crippen molar-refractivity contribution >= 4 is 5.97 Å². The summed E-state index contributed by atoms with van der Waals surface area (Å²) in [5.74, 6) is 5.50. The van der Waals surface area contributed by atoms with Crippen LogP contribution in [-0.4, -0.2) is 34.5 Å². The first-order chi connectivity index (χ1) is 14.3. The van der Waals surface area contributed by atoms with Gasteiger partial charge in [-0.15, -0.1) is 0 Å². The van der Waals surface area contributed by atoms with Crippen LogP contribution in [0.2, 0.25) is 0 Å². The van der Waals surface area contributed by atoms with E-state index in [9.17, 15) is 9.90 Å². The van der Waals surface area contributed by atoms with Gasteiger partial charge in [-0.1, -0.05) is 13.8 Å². The number of epoxide rings is 1. The van der Waals surface area contributed by atoms with Gasteiger partial charge < -0.3 is 14.6 Å². The fraction of sp³-hybridized carbons (Fsp3) is 0.962. The molecule has 6 saturated carbocycles. The van der Waals surface area contributed by atoms with Crippen molar-refractivity contribution in [3.63, 3.8) is 0 Å². The van der Waals surface area contributed by atoms with Crippen LogP contribution in [0.5, 0.6) is 0 Å². The smallest absolute Gasteiger partial charge is 0.305 e. The zero-order valence-corrected chi connectivity index (χ0v) is 18.9. The zero-order valence-electron chi connectivity index (χ0n) is 18.9. The summed E-state index contributed by atoms with van der Waals surface area (Å²) in [5.41, 5.74) is -0.276. The van der Waals surface area contributed by atoms with Gasteiger partial charge in [-0.25, -0.2) is 0 Å². The molecule has 0 radical (unpaired) electrons. The first-order valence-electron chi connectivity index (χ1n) is 12.9. The monoisotopic (exact) mass is 414 g/mol. The van der Waals surface area contributed by atoms with Crippen LogP contribution >= 0.6 is 0 Å². The van der Waals surface area contributed by atoms with Gasteiger partial charge in [0.2, 0.25) is 0 Å². The number of esters is 1. The predicted molar refractivity (Wildman–Crippen MR) is 111 cm³/mol. The summed E-state index contributed by atoms with van der Waals surface area (Å²) >= 11 is 0. The Bertz CT molecular complexity index is 811. The molecule has 4 nitrogen and oxygen atoms in total. The average Bonchev–Trinajstić information content (AvgIpc) is 3.59. The predicted octanol–water partition coefficient (Wildman–Crippen LogP) is 4.34. The van der Waals surface area contributed by atoms with E-state index in [1.165, 1.54) is 32.1 Å². The van der Waals surface area contributed by atoms with Crippen molar-refractivity contribution < 1.29 is 19.4 Å². The van der Waals surface area contributed by atoms with E-state index in [1.807, 2.05) is 6.92 Å². The van der Waals surface area contributed by atoms with Gasteiger partial charge in [0.15, 0.2) is 0 Å². The molecule has 1 heterocycles. The summed E-state index contributed by atoms with van der Waals surface area (Å²) in [5, 5.41) is 12.0. The summed E-state index contributed by atoms with van der Waals surface area (Å²) in [6, 6.07) is 0. The summed E-state index contributed by atoms with van der Waals surface area (Å²) in [6.45, 7) is 7.17. The lowest BCUT2D eigenvalue weighted by molar-refractivity contribution is -0.215. The first-order valence-corrected chi connectivity index (χ1v) is 12.9. The van der Waals surface area contributed by atoms with Crippen LogP contribution in [0.25, 0.3) is 0 Å². The lowest BCUT2D eigenvalue weighted by Crippen LogP contribution is -2.63. The Hall–Kier alpha value is -0.610. The van der Waals surface area contributed by atoms with Crippen LogP contribution in [-0.2, 0) is 14.3 Å². The molecule has 0 aromatic heterocycles. The zero-order chi connectivity index (χ0) is 20.7. The summed E-state index contributed by atoms with van der Waals surface area (Å²) in [4.78, 5) is 12.1. The highest BCUT2D eigenvalue weighted by Gasteiger charge is 2.90. The largest absolute Gasteiger partial charge is 0.466 e. The normalized spacial score (nSPS) is 63.3. The molecule has 4 heteroatoms. The quantitative estimate of drug-likeness (QED) is 0.549. The third-order valence-corrected chi connectivity index (χ3v) is 11.8. The molecule has 0 bridgehead atoms. The number of fused-ring (bicyclic) bond motifs is 10. The molecule has 12 atom stereocenters. The van der Waals surface area contributed by atoms with Crippen LogP contribution in [0.1, 0.15) is 78.6 Å². The topological polar surface area (TPSA) is 59.1 Å². The molecule has 1 N–H and O–H groups in total. The molecule has 0 amide bonds. The fourth-order valence-electron chi connectivity index (χ4n) is 10.5. The van der Waals surface area contributed by atoms with Crippen LogP contribution in [0.3, 0.4) is 0 Å². The van der Waals surface area contributed by atoms with E-state index in [-0.39, 0.29) is 22.6 Å². The van der Waals surface area contributed by atoms with Crippen LogP contribution in [0, 0.1) is 52.8 Å². The van der Waals surface area contributed by atoms with Crippen molar-refractivity contribution in [2.75, 3.05) is 6.61 Å². The highest BCUT2D eigenvalue weighted by molar-refractivity contribution is 5.69. The van der Waals surface area contributed by atoms with Crippen molar-refractivity contribution in [3.8, 4) is 0 Å². The standard InChI is InChI=1S/C26H38O4/c1-4-29-20(27)7-10-25-19-12-16(19)22-21-15-11-18(15)24(28)13-14(2)5-8-23(24,3)17(21)6-9-26(22,25)30-25/h14-19,21-22,28H,4-13H2,1-3H3/t14-,15-,16+,17?,18+,19-,21?,22?,23+,24+,25-,26+/m0/s1. The number of ether oxygens (including phenoxy) is 2. The van der Waals surface area contributed by atoms with E-state index >= 15 is 0 Å². The Morgan fingerprint density at radius 2 is 1.93 bits per heavy atom. The molecule has 0 aromatic rings. The Morgan fingerprint density at radius 1 is 1.13 bits per heavy atom. The minimum absolute atomic E-state index is 0.0137. The number of hydrogen-bond acceptors (Lipinski definition) is 4. The SMILES string of the molecule is CCOC(=O)CC[C@@]12O[C@@]13CCC1C(C3[C@@H]3C[C@@H]32)[C@H]2C[C@H]2[C@]2(O)C[C@@H](C)CC[C@]12C. The second-order valence-corrected chi connectivity index (χ2v) is 12.6. The van der Waals surface area contributed by atoms with Crippen molar-refractivity contribution in [1.29, 1.82) is 0 Å². The maximum Gasteiger partial charge on any atom is 0.305 e. The lowest BCUT2D eigenvalue weighted by Gasteiger charge is -2.62. The highest BCUT2D eigenvalue weighted by atomic mass is 16.6. The van der Waals surface area contributed by atoms with Gasteiger partial charge in [-0.05, 0) is 111 Å². The molecule has 1 saturated heterocycles. The van der Waals surface area contributed by atoms with Crippen molar-refractivity contribution in [2.45, 2.75) is 95.4 Å². The maximum atomic E-state index is 12.1. The first kappa shape index (κ1) is 18.9. The molecule has 1 aliphatic heterocycles. The molecular formula is C26H38O4. The molecule has 7 fully saturated rings. The average molecular weight is 415 g/mol. The maximum absolute atomic E-state index is 12.1. The number of rotatable bonds is 4. The molecule has 6 aliphatic carbocycles. The van der Waals surface area contributed by atoms with Gasteiger partial charge in [0.25, 0.3) is 0 Å². The minimum Gasteiger partial charge on any atom is -0.466 e.